The van der Waals surface area contributed by atoms with Crippen LogP contribution < -0.4 is 5.32 Å². The number of benzene rings is 2. The van der Waals surface area contributed by atoms with Gasteiger partial charge in [0.05, 0.1) is 17.9 Å². The minimum Gasteiger partial charge on any atom is -0.356 e. The molecule has 1 saturated heterocycles. The van der Waals surface area contributed by atoms with Gasteiger partial charge in [-0.3, -0.25) is 4.79 Å². The number of hydrogen-bond donors (Lipinski definition) is 1. The predicted octanol–water partition coefficient (Wildman–Crippen LogP) is 1.93. The molecule has 1 aliphatic heterocycles. The van der Waals surface area contributed by atoms with E-state index in [1.165, 1.54) is 0 Å². The van der Waals surface area contributed by atoms with Gasteiger partial charge in [0.2, 0.25) is 5.91 Å². The Kier molecular flexibility index (Phi) is 4.16. The van der Waals surface area contributed by atoms with Crippen molar-refractivity contribution in [3.63, 3.8) is 0 Å². The molecule has 0 aromatic heterocycles. The van der Waals surface area contributed by atoms with E-state index in [9.17, 15) is 13.2 Å². The van der Waals surface area contributed by atoms with Crippen LogP contribution in [0.2, 0.25) is 0 Å². The summed E-state index contributed by atoms with van der Waals surface area (Å²) < 4.78 is 22.8. The van der Waals surface area contributed by atoms with Crippen LogP contribution >= 0.6 is 0 Å². The molecule has 1 fully saturated rings. The van der Waals surface area contributed by atoms with Crippen molar-refractivity contribution in [2.75, 3.05) is 18.1 Å². The third kappa shape index (κ3) is 3.47. The quantitative estimate of drug-likeness (QED) is 0.937. The van der Waals surface area contributed by atoms with Crippen LogP contribution in [0.1, 0.15) is 12.0 Å². The van der Waals surface area contributed by atoms with E-state index in [0.29, 0.717) is 19.4 Å². The van der Waals surface area contributed by atoms with Crippen LogP contribution in [-0.2, 0) is 21.1 Å². The van der Waals surface area contributed by atoms with E-state index < -0.39 is 9.84 Å². The number of rotatable bonds is 4. The monoisotopic (exact) mass is 317 g/mol. The standard InChI is InChI=1S/C17H19NO3S/c19-17(18-11-13-8-9-22(20,21)12-13)10-15-6-3-5-14-4-1-2-7-16(14)15/h1-7,13H,8-12H2,(H,18,19). The molecule has 1 aliphatic rings. The lowest BCUT2D eigenvalue weighted by Crippen LogP contribution is -2.31. The molecule has 1 N–H and O–H groups in total. The van der Waals surface area contributed by atoms with Crippen molar-refractivity contribution < 1.29 is 13.2 Å². The third-order valence-electron chi connectivity index (χ3n) is 4.15. The van der Waals surface area contributed by atoms with Crippen LogP contribution in [0.25, 0.3) is 10.8 Å². The maximum atomic E-state index is 12.1. The first-order valence-electron chi connectivity index (χ1n) is 7.47. The second-order valence-electron chi connectivity index (χ2n) is 5.89. The summed E-state index contributed by atoms with van der Waals surface area (Å²) in [4.78, 5) is 12.1. The number of carbonyl (C=O) groups excluding carboxylic acids is 1. The Bertz CT molecular complexity index is 793. The first kappa shape index (κ1) is 15.0. The van der Waals surface area contributed by atoms with Gasteiger partial charge in [0.15, 0.2) is 9.84 Å². The Labute approximate surface area is 130 Å². The van der Waals surface area contributed by atoms with Crippen molar-refractivity contribution in [1.29, 1.82) is 0 Å². The van der Waals surface area contributed by atoms with Crippen molar-refractivity contribution in [3.8, 4) is 0 Å². The highest BCUT2D eigenvalue weighted by Crippen LogP contribution is 2.19. The number of hydrogen-bond acceptors (Lipinski definition) is 3. The Hall–Kier alpha value is -1.88. The summed E-state index contributed by atoms with van der Waals surface area (Å²) in [5.74, 6) is 0.445. The number of nitrogens with one attached hydrogen (secondary N) is 1. The summed E-state index contributed by atoms with van der Waals surface area (Å²) in [5.41, 5.74) is 0.995. The average Bonchev–Trinajstić information content (AvgIpc) is 2.85. The van der Waals surface area contributed by atoms with Crippen molar-refractivity contribution >= 4 is 26.5 Å². The fourth-order valence-corrected chi connectivity index (χ4v) is 4.84. The lowest BCUT2D eigenvalue weighted by Gasteiger charge is -2.11. The topological polar surface area (TPSA) is 63.2 Å². The molecule has 0 aliphatic carbocycles. The van der Waals surface area contributed by atoms with Gasteiger partial charge in [-0.2, -0.15) is 0 Å². The van der Waals surface area contributed by atoms with E-state index in [4.69, 9.17) is 0 Å². The highest BCUT2D eigenvalue weighted by atomic mass is 32.2. The molecule has 0 bridgehead atoms. The molecule has 1 amide bonds. The zero-order valence-electron chi connectivity index (χ0n) is 12.3. The highest BCUT2D eigenvalue weighted by Gasteiger charge is 2.27. The molecule has 2 aromatic rings. The molecule has 2 aromatic carbocycles. The van der Waals surface area contributed by atoms with E-state index >= 15 is 0 Å². The summed E-state index contributed by atoms with van der Waals surface area (Å²) >= 11 is 0. The lowest BCUT2D eigenvalue weighted by atomic mass is 10.0. The van der Waals surface area contributed by atoms with Crippen molar-refractivity contribution in [3.05, 3.63) is 48.0 Å². The summed E-state index contributed by atoms with van der Waals surface area (Å²) in [6, 6.07) is 13.9. The van der Waals surface area contributed by atoms with Gasteiger partial charge in [0, 0.05) is 6.54 Å². The van der Waals surface area contributed by atoms with Gasteiger partial charge in [-0.25, -0.2) is 8.42 Å². The number of sulfone groups is 1. The van der Waals surface area contributed by atoms with Gasteiger partial charge in [0.25, 0.3) is 0 Å². The van der Waals surface area contributed by atoms with E-state index in [2.05, 4.69) is 5.32 Å². The summed E-state index contributed by atoms with van der Waals surface area (Å²) in [5, 5.41) is 5.08. The Morgan fingerprint density at radius 3 is 2.68 bits per heavy atom. The van der Waals surface area contributed by atoms with Crippen LogP contribution in [0, 0.1) is 5.92 Å². The number of amides is 1. The van der Waals surface area contributed by atoms with Gasteiger partial charge in [-0.05, 0) is 28.7 Å². The maximum Gasteiger partial charge on any atom is 0.224 e. The fraction of sp³-hybridized carbons (Fsp3) is 0.353. The summed E-state index contributed by atoms with van der Waals surface area (Å²) in [7, 11) is -2.88. The molecule has 116 valence electrons. The molecule has 3 rings (SSSR count). The van der Waals surface area contributed by atoms with Gasteiger partial charge in [-0.15, -0.1) is 0 Å². The smallest absolute Gasteiger partial charge is 0.224 e. The third-order valence-corrected chi connectivity index (χ3v) is 5.98. The SMILES string of the molecule is O=C(Cc1cccc2ccccc12)NCC1CCS(=O)(=O)C1. The molecule has 0 spiro atoms. The second kappa shape index (κ2) is 6.08. The van der Waals surface area contributed by atoms with Crippen LogP contribution in [0.15, 0.2) is 42.5 Å². The molecule has 0 saturated carbocycles. The lowest BCUT2D eigenvalue weighted by molar-refractivity contribution is -0.120. The van der Waals surface area contributed by atoms with E-state index in [1.807, 2.05) is 42.5 Å². The number of carbonyl (C=O) groups is 1. The summed E-state index contributed by atoms with van der Waals surface area (Å²) in [6.45, 7) is 0.447. The van der Waals surface area contributed by atoms with Crippen LogP contribution in [0.3, 0.4) is 0 Å². The molecular weight excluding hydrogens is 298 g/mol. The van der Waals surface area contributed by atoms with E-state index in [0.717, 1.165) is 16.3 Å². The Morgan fingerprint density at radius 1 is 1.14 bits per heavy atom. The molecule has 22 heavy (non-hydrogen) atoms. The molecule has 1 heterocycles. The molecule has 0 radical (unpaired) electrons. The zero-order chi connectivity index (χ0) is 15.6. The first-order chi connectivity index (χ1) is 10.5. The molecule has 1 atom stereocenters. The average molecular weight is 317 g/mol. The van der Waals surface area contributed by atoms with Crippen molar-refractivity contribution in [1.82, 2.24) is 5.32 Å². The fourth-order valence-electron chi connectivity index (χ4n) is 2.97. The van der Waals surface area contributed by atoms with Gasteiger partial charge >= 0.3 is 0 Å². The largest absolute Gasteiger partial charge is 0.356 e. The molecule has 4 nitrogen and oxygen atoms in total. The molecule has 1 unspecified atom stereocenters. The molecular formula is C17H19NO3S. The minimum atomic E-state index is -2.88. The first-order valence-corrected chi connectivity index (χ1v) is 9.29. The van der Waals surface area contributed by atoms with Gasteiger partial charge in [0.1, 0.15) is 0 Å². The zero-order valence-corrected chi connectivity index (χ0v) is 13.1. The Balaban J connectivity index is 1.62. The Morgan fingerprint density at radius 2 is 1.91 bits per heavy atom. The van der Waals surface area contributed by atoms with E-state index in [-0.39, 0.29) is 23.3 Å². The summed E-state index contributed by atoms with van der Waals surface area (Å²) in [6.07, 6.45) is 0.970. The number of fused-ring (bicyclic) bond motifs is 1. The van der Waals surface area contributed by atoms with E-state index in [1.54, 1.807) is 0 Å². The maximum absolute atomic E-state index is 12.1. The van der Waals surface area contributed by atoms with Crippen LogP contribution in [-0.4, -0.2) is 32.4 Å². The van der Waals surface area contributed by atoms with Crippen molar-refractivity contribution in [2.45, 2.75) is 12.8 Å². The van der Waals surface area contributed by atoms with Gasteiger partial charge in [-0.1, -0.05) is 42.5 Å². The minimum absolute atomic E-state index is 0.0550. The molecule has 5 heteroatoms. The normalized spacial score (nSPS) is 20.1. The second-order valence-corrected chi connectivity index (χ2v) is 8.12. The predicted molar refractivity (Wildman–Crippen MR) is 87.4 cm³/mol. The van der Waals surface area contributed by atoms with Crippen LogP contribution in [0.5, 0.6) is 0 Å². The van der Waals surface area contributed by atoms with Gasteiger partial charge < -0.3 is 5.32 Å². The highest BCUT2D eigenvalue weighted by molar-refractivity contribution is 7.91. The van der Waals surface area contributed by atoms with Crippen molar-refractivity contribution in [2.24, 2.45) is 5.92 Å². The van der Waals surface area contributed by atoms with Crippen LogP contribution in [0.4, 0.5) is 0 Å².